The van der Waals surface area contributed by atoms with Gasteiger partial charge in [-0.3, -0.25) is 4.79 Å². The minimum atomic E-state index is -1.80. The lowest BCUT2D eigenvalue weighted by Crippen LogP contribution is -2.43. The minimum absolute atomic E-state index is 0.0219. The van der Waals surface area contributed by atoms with Crippen molar-refractivity contribution >= 4 is 14.3 Å². The van der Waals surface area contributed by atoms with Crippen LogP contribution in [0.3, 0.4) is 0 Å². The Morgan fingerprint density at radius 1 is 1.12 bits per heavy atom. The highest BCUT2D eigenvalue weighted by molar-refractivity contribution is 6.74. The van der Waals surface area contributed by atoms with E-state index in [2.05, 4.69) is 33.9 Å². The third-order valence-electron chi connectivity index (χ3n) is 5.00. The molecular weight excluding hydrogens is 332 g/mol. The van der Waals surface area contributed by atoms with E-state index in [1.165, 1.54) is 0 Å². The Bertz CT molecular complexity index is 444. The first-order chi connectivity index (χ1) is 11.1. The van der Waals surface area contributed by atoms with Gasteiger partial charge in [0, 0.05) is 18.4 Å². The van der Waals surface area contributed by atoms with Crippen molar-refractivity contribution < 1.29 is 19.1 Å². The van der Waals surface area contributed by atoms with Crippen LogP contribution in [-0.4, -0.2) is 38.7 Å². The van der Waals surface area contributed by atoms with E-state index >= 15 is 0 Å². The van der Waals surface area contributed by atoms with Gasteiger partial charge in [-0.2, -0.15) is 0 Å². The molecule has 25 heavy (non-hydrogen) atoms. The van der Waals surface area contributed by atoms with Crippen molar-refractivity contribution in [2.75, 3.05) is 13.2 Å². The number of aliphatic hydroxyl groups excluding tert-OH is 1. The molecule has 0 aliphatic heterocycles. The summed E-state index contributed by atoms with van der Waals surface area (Å²) in [7, 11) is -1.80. The highest BCUT2D eigenvalue weighted by Gasteiger charge is 2.37. The first-order valence-electron chi connectivity index (χ1n) is 9.25. The van der Waals surface area contributed by atoms with Crippen LogP contribution in [0.4, 0.5) is 0 Å². The van der Waals surface area contributed by atoms with Crippen LogP contribution in [0.2, 0.25) is 18.1 Å². The van der Waals surface area contributed by atoms with Gasteiger partial charge in [0.1, 0.15) is 6.61 Å². The van der Waals surface area contributed by atoms with Gasteiger partial charge in [0.05, 0.1) is 11.5 Å². The molecule has 5 heteroatoms. The van der Waals surface area contributed by atoms with Crippen LogP contribution in [0.5, 0.6) is 0 Å². The smallest absolute Gasteiger partial charge is 0.311 e. The number of esters is 1. The fourth-order valence-electron chi connectivity index (χ4n) is 1.90. The summed E-state index contributed by atoms with van der Waals surface area (Å²) in [4.78, 5) is 11.7. The van der Waals surface area contributed by atoms with Gasteiger partial charge in [-0.25, -0.2) is 0 Å². The zero-order valence-electron chi connectivity index (χ0n) is 18.0. The van der Waals surface area contributed by atoms with Crippen LogP contribution >= 0.6 is 0 Å². The molecule has 4 nitrogen and oxygen atoms in total. The van der Waals surface area contributed by atoms with Gasteiger partial charge in [-0.15, -0.1) is 0 Å². The van der Waals surface area contributed by atoms with E-state index in [1.807, 2.05) is 40.7 Å². The maximum atomic E-state index is 11.7. The molecule has 0 bridgehead atoms. The van der Waals surface area contributed by atoms with Crippen LogP contribution in [0.1, 0.15) is 55.4 Å². The van der Waals surface area contributed by atoms with E-state index in [9.17, 15) is 9.90 Å². The summed E-state index contributed by atoms with van der Waals surface area (Å²) in [5.74, 6) is -0.196. The number of carbonyl (C=O) groups is 1. The van der Waals surface area contributed by atoms with Gasteiger partial charge in [0.2, 0.25) is 0 Å². The van der Waals surface area contributed by atoms with Gasteiger partial charge in [0.25, 0.3) is 0 Å². The molecule has 0 heterocycles. The lowest BCUT2D eigenvalue weighted by Gasteiger charge is -2.37. The van der Waals surface area contributed by atoms with Crippen molar-refractivity contribution in [3.63, 3.8) is 0 Å². The molecule has 0 radical (unpaired) electrons. The highest BCUT2D eigenvalue weighted by atomic mass is 28.4. The Kier molecular flexibility index (Phi) is 9.09. The lowest BCUT2D eigenvalue weighted by molar-refractivity contribution is -0.151. The lowest BCUT2D eigenvalue weighted by atomic mass is 9.94. The summed E-state index contributed by atoms with van der Waals surface area (Å²) >= 11 is 0. The minimum Gasteiger partial charge on any atom is -0.461 e. The van der Waals surface area contributed by atoms with E-state index in [0.717, 1.165) is 0 Å². The first-order valence-corrected chi connectivity index (χ1v) is 12.2. The average molecular weight is 373 g/mol. The third-order valence-corrected chi connectivity index (χ3v) is 9.50. The summed E-state index contributed by atoms with van der Waals surface area (Å²) in [6.45, 7) is 21.4. The fraction of sp³-hybridized carbons (Fsp3) is 0.850. The Morgan fingerprint density at radius 2 is 1.64 bits per heavy atom. The van der Waals surface area contributed by atoms with Crippen LogP contribution in [0.15, 0.2) is 12.2 Å². The van der Waals surface area contributed by atoms with E-state index in [0.29, 0.717) is 6.61 Å². The summed E-state index contributed by atoms with van der Waals surface area (Å²) in [5, 5.41) is 10.7. The monoisotopic (exact) mass is 372 g/mol. The predicted octanol–water partition coefficient (Wildman–Crippen LogP) is 4.79. The zero-order valence-corrected chi connectivity index (χ0v) is 19.0. The standard InChI is InChI=1S/C20H40O4Si/c1-15(12-11-13-23-18(22)19(3,4)5)17(21)16(2)14-24-25(9,10)20(6,7)8/h11-12,15-17,21H,13-14H2,1-10H3/b12-11+/t15-,16+,17+/m0/s1. The first kappa shape index (κ1) is 24.3. The van der Waals surface area contributed by atoms with Crippen molar-refractivity contribution in [2.24, 2.45) is 17.3 Å². The normalized spacial score (nSPS) is 17.4. The molecule has 0 aromatic heterocycles. The molecule has 0 saturated carbocycles. The van der Waals surface area contributed by atoms with Gasteiger partial charge in [-0.1, -0.05) is 46.8 Å². The number of hydrogen-bond acceptors (Lipinski definition) is 4. The van der Waals surface area contributed by atoms with Crippen LogP contribution in [-0.2, 0) is 14.0 Å². The molecule has 1 N–H and O–H groups in total. The molecule has 0 amide bonds. The average Bonchev–Trinajstić information content (AvgIpc) is 2.45. The maximum Gasteiger partial charge on any atom is 0.311 e. The Balaban J connectivity index is 4.42. The van der Waals surface area contributed by atoms with Crippen LogP contribution in [0.25, 0.3) is 0 Å². The molecule has 148 valence electrons. The highest BCUT2D eigenvalue weighted by Crippen LogP contribution is 2.37. The molecule has 0 fully saturated rings. The molecule has 0 rings (SSSR count). The van der Waals surface area contributed by atoms with E-state index in [-0.39, 0.29) is 29.5 Å². The van der Waals surface area contributed by atoms with E-state index in [4.69, 9.17) is 9.16 Å². The van der Waals surface area contributed by atoms with Gasteiger partial charge >= 0.3 is 5.97 Å². The second kappa shape index (κ2) is 9.33. The van der Waals surface area contributed by atoms with Crippen LogP contribution in [0, 0.1) is 17.3 Å². The van der Waals surface area contributed by atoms with Gasteiger partial charge < -0.3 is 14.3 Å². The fourth-order valence-corrected chi connectivity index (χ4v) is 3.01. The number of rotatable bonds is 8. The van der Waals surface area contributed by atoms with Crippen molar-refractivity contribution in [3.05, 3.63) is 12.2 Å². The molecule has 0 aromatic rings. The SMILES string of the molecule is C[C@H](CO[Si](C)(C)C(C)(C)C)[C@H](O)[C@@H](C)/C=C/COC(=O)C(C)(C)C. The quantitative estimate of drug-likeness (QED) is 0.378. The third kappa shape index (κ3) is 8.52. The Hall–Kier alpha value is -0.653. The van der Waals surface area contributed by atoms with Crippen molar-refractivity contribution in [1.82, 2.24) is 0 Å². The molecule has 0 aliphatic carbocycles. The number of ether oxygens (including phenoxy) is 1. The van der Waals surface area contributed by atoms with Crippen molar-refractivity contribution in [1.29, 1.82) is 0 Å². The summed E-state index contributed by atoms with van der Waals surface area (Å²) < 4.78 is 11.4. The Morgan fingerprint density at radius 3 is 2.08 bits per heavy atom. The van der Waals surface area contributed by atoms with E-state index in [1.54, 1.807) is 6.08 Å². The summed E-state index contributed by atoms with van der Waals surface area (Å²) in [6.07, 6.45) is 3.22. The molecule has 0 aromatic carbocycles. The van der Waals surface area contributed by atoms with Crippen molar-refractivity contribution in [3.8, 4) is 0 Å². The maximum absolute atomic E-state index is 11.7. The zero-order chi connectivity index (χ0) is 20.1. The summed E-state index contributed by atoms with van der Waals surface area (Å²) in [5.41, 5.74) is -0.491. The molecule has 0 unspecified atom stereocenters. The van der Waals surface area contributed by atoms with Crippen LogP contribution < -0.4 is 0 Å². The summed E-state index contributed by atoms with van der Waals surface area (Å²) in [6, 6.07) is 0. The van der Waals surface area contributed by atoms with E-state index < -0.39 is 19.8 Å². The molecule has 3 atom stereocenters. The molecular formula is C20H40O4Si. The van der Waals surface area contributed by atoms with Gasteiger partial charge in [0.15, 0.2) is 8.32 Å². The van der Waals surface area contributed by atoms with Gasteiger partial charge in [-0.05, 0) is 38.9 Å². The number of aliphatic hydroxyl groups is 1. The number of hydrogen-bond donors (Lipinski definition) is 1. The molecule has 0 spiro atoms. The Labute approximate surface area is 156 Å². The number of carbonyl (C=O) groups excluding carboxylic acids is 1. The largest absolute Gasteiger partial charge is 0.461 e. The second-order valence-corrected chi connectivity index (χ2v) is 14.5. The predicted molar refractivity (Wildman–Crippen MR) is 107 cm³/mol. The second-order valence-electron chi connectivity index (χ2n) is 9.67. The molecule has 0 aliphatic rings. The molecule has 0 saturated heterocycles. The topological polar surface area (TPSA) is 55.8 Å². The van der Waals surface area contributed by atoms with Crippen molar-refractivity contribution in [2.45, 2.75) is 79.6 Å².